The van der Waals surface area contributed by atoms with E-state index < -0.39 is 29.0 Å². The quantitative estimate of drug-likeness (QED) is 0.216. The molecule has 0 bridgehead atoms. The van der Waals surface area contributed by atoms with Crippen molar-refractivity contribution in [1.29, 1.82) is 0 Å². The number of hydrogen-bond donors (Lipinski definition) is 0. The van der Waals surface area contributed by atoms with Crippen molar-refractivity contribution < 1.29 is 26.3 Å². The van der Waals surface area contributed by atoms with Crippen molar-refractivity contribution in [2.24, 2.45) is 0 Å². The van der Waals surface area contributed by atoms with Gasteiger partial charge >= 0.3 is 12.4 Å². The van der Waals surface area contributed by atoms with Gasteiger partial charge in [-0.3, -0.25) is 0 Å². The van der Waals surface area contributed by atoms with E-state index in [4.69, 9.17) is 0 Å². The highest BCUT2D eigenvalue weighted by molar-refractivity contribution is 5.86. The lowest BCUT2D eigenvalue weighted by molar-refractivity contribution is -0.142. The van der Waals surface area contributed by atoms with Crippen molar-refractivity contribution in [2.45, 2.75) is 19.3 Å². The van der Waals surface area contributed by atoms with E-state index in [0.29, 0.717) is 34.4 Å². The summed E-state index contributed by atoms with van der Waals surface area (Å²) in [5.74, 6) is 0.695. The van der Waals surface area contributed by atoms with Crippen LogP contribution in [0.4, 0.5) is 26.3 Å². The lowest BCUT2D eigenvalue weighted by atomic mass is 9.90. The summed E-state index contributed by atoms with van der Waals surface area (Å²) in [6.07, 6.45) is -9.98. The molecule has 0 aliphatic carbocycles. The SMILES string of the molecule is Cc1cccc(-c2nc(-c3ccccc3)nc(-c3ccccc3)n2)c1-c1ccc(C(F)(F)F)cc1C(F)(F)F. The molecule has 0 saturated carbocycles. The van der Waals surface area contributed by atoms with Crippen molar-refractivity contribution >= 4 is 0 Å². The fraction of sp³-hybridized carbons (Fsp3) is 0.100. The van der Waals surface area contributed by atoms with Gasteiger partial charge in [-0.1, -0.05) is 84.9 Å². The van der Waals surface area contributed by atoms with Gasteiger partial charge in [0.2, 0.25) is 0 Å². The fourth-order valence-electron chi connectivity index (χ4n) is 4.31. The van der Waals surface area contributed by atoms with E-state index >= 15 is 0 Å². The maximum Gasteiger partial charge on any atom is 0.417 e. The molecule has 1 heterocycles. The van der Waals surface area contributed by atoms with E-state index in [2.05, 4.69) is 15.0 Å². The summed E-state index contributed by atoms with van der Waals surface area (Å²) >= 11 is 0. The minimum atomic E-state index is -5.04. The maximum atomic E-state index is 14.1. The van der Waals surface area contributed by atoms with Crippen LogP contribution in [0, 0.1) is 6.92 Å². The lowest BCUT2D eigenvalue weighted by Crippen LogP contribution is -2.12. The van der Waals surface area contributed by atoms with Gasteiger partial charge < -0.3 is 0 Å². The molecule has 0 unspecified atom stereocenters. The van der Waals surface area contributed by atoms with Crippen LogP contribution in [-0.2, 0) is 12.4 Å². The molecule has 0 radical (unpaired) electrons. The highest BCUT2D eigenvalue weighted by Crippen LogP contribution is 2.44. The van der Waals surface area contributed by atoms with Crippen molar-refractivity contribution in [3.8, 4) is 45.3 Å². The van der Waals surface area contributed by atoms with Crippen LogP contribution in [-0.4, -0.2) is 15.0 Å². The van der Waals surface area contributed by atoms with Crippen molar-refractivity contribution in [1.82, 2.24) is 15.0 Å². The summed E-state index contributed by atoms with van der Waals surface area (Å²) in [5, 5.41) is 0. The molecule has 0 saturated heterocycles. The molecule has 0 fully saturated rings. The Balaban J connectivity index is 1.79. The molecule has 0 N–H and O–H groups in total. The van der Waals surface area contributed by atoms with Gasteiger partial charge in [-0.05, 0) is 35.7 Å². The van der Waals surface area contributed by atoms with Crippen LogP contribution >= 0.6 is 0 Å². The molecule has 0 atom stereocenters. The Labute approximate surface area is 219 Å². The number of rotatable bonds is 4. The number of alkyl halides is 6. The molecule has 9 heteroatoms. The second-order valence-corrected chi connectivity index (χ2v) is 8.79. The number of halogens is 6. The van der Waals surface area contributed by atoms with Crippen LogP contribution in [0.25, 0.3) is 45.3 Å². The van der Waals surface area contributed by atoms with Crippen LogP contribution in [0.2, 0.25) is 0 Å². The Kier molecular flexibility index (Phi) is 6.68. The highest BCUT2D eigenvalue weighted by Gasteiger charge is 2.39. The molecule has 196 valence electrons. The van der Waals surface area contributed by atoms with Crippen LogP contribution < -0.4 is 0 Å². The van der Waals surface area contributed by atoms with E-state index in [0.717, 1.165) is 6.07 Å². The summed E-state index contributed by atoms with van der Waals surface area (Å²) in [6.45, 7) is 1.59. The van der Waals surface area contributed by atoms with E-state index in [1.807, 2.05) is 12.1 Å². The van der Waals surface area contributed by atoms with Gasteiger partial charge in [0.05, 0.1) is 11.1 Å². The molecule has 5 rings (SSSR count). The lowest BCUT2D eigenvalue weighted by Gasteiger charge is -2.20. The van der Waals surface area contributed by atoms with Crippen LogP contribution in [0.5, 0.6) is 0 Å². The Morgan fingerprint density at radius 1 is 0.513 bits per heavy atom. The second kappa shape index (κ2) is 9.98. The Hall–Kier alpha value is -4.53. The summed E-state index contributed by atoms with van der Waals surface area (Å²) < 4.78 is 82.4. The van der Waals surface area contributed by atoms with Gasteiger partial charge in [-0.15, -0.1) is 0 Å². The molecule has 1 aromatic heterocycles. The normalized spacial score (nSPS) is 12.0. The Bertz CT molecular complexity index is 1570. The molecule has 0 aliphatic rings. The van der Waals surface area contributed by atoms with E-state index in [9.17, 15) is 26.3 Å². The van der Waals surface area contributed by atoms with Gasteiger partial charge in [0.25, 0.3) is 0 Å². The average Bonchev–Trinajstić information content (AvgIpc) is 2.92. The third kappa shape index (κ3) is 5.38. The largest absolute Gasteiger partial charge is 0.417 e. The van der Waals surface area contributed by atoms with E-state index in [1.54, 1.807) is 73.7 Å². The highest BCUT2D eigenvalue weighted by atomic mass is 19.4. The molecule has 5 aromatic rings. The van der Waals surface area contributed by atoms with Crippen molar-refractivity contribution in [2.75, 3.05) is 0 Å². The first-order valence-corrected chi connectivity index (χ1v) is 11.8. The predicted molar refractivity (Wildman–Crippen MR) is 136 cm³/mol. The Morgan fingerprint density at radius 3 is 1.56 bits per heavy atom. The smallest absolute Gasteiger partial charge is 0.208 e. The predicted octanol–water partition coefficient (Wildman–Crippen LogP) is 8.89. The molecular weight excluding hydrogens is 516 g/mol. The summed E-state index contributed by atoms with van der Waals surface area (Å²) in [6, 6.07) is 24.5. The molecule has 4 aromatic carbocycles. The topological polar surface area (TPSA) is 38.7 Å². The van der Waals surface area contributed by atoms with Crippen molar-refractivity contribution in [3.05, 3.63) is 114 Å². The van der Waals surface area contributed by atoms with Gasteiger partial charge in [-0.25, -0.2) is 15.0 Å². The molecule has 3 nitrogen and oxygen atoms in total. The van der Waals surface area contributed by atoms with Crippen molar-refractivity contribution in [3.63, 3.8) is 0 Å². The van der Waals surface area contributed by atoms with Crippen LogP contribution in [0.15, 0.2) is 97.1 Å². The van der Waals surface area contributed by atoms with Crippen LogP contribution in [0.3, 0.4) is 0 Å². The average molecular weight is 535 g/mol. The van der Waals surface area contributed by atoms with Gasteiger partial charge in [0, 0.05) is 16.7 Å². The van der Waals surface area contributed by atoms with Gasteiger partial charge in [0.15, 0.2) is 17.5 Å². The van der Waals surface area contributed by atoms with Crippen LogP contribution in [0.1, 0.15) is 16.7 Å². The third-order valence-electron chi connectivity index (χ3n) is 6.13. The molecule has 0 amide bonds. The number of benzene rings is 4. The van der Waals surface area contributed by atoms with E-state index in [1.165, 1.54) is 0 Å². The maximum absolute atomic E-state index is 14.1. The van der Waals surface area contributed by atoms with Gasteiger partial charge in [0.1, 0.15) is 0 Å². The van der Waals surface area contributed by atoms with Gasteiger partial charge in [-0.2, -0.15) is 26.3 Å². The molecule has 0 spiro atoms. The number of hydrogen-bond acceptors (Lipinski definition) is 3. The third-order valence-corrected chi connectivity index (χ3v) is 6.13. The number of aromatic nitrogens is 3. The zero-order valence-electron chi connectivity index (χ0n) is 20.3. The monoisotopic (exact) mass is 535 g/mol. The first-order chi connectivity index (χ1) is 18.5. The second-order valence-electron chi connectivity index (χ2n) is 8.79. The molecule has 39 heavy (non-hydrogen) atoms. The first kappa shape index (κ1) is 26.1. The number of nitrogens with zero attached hydrogens (tertiary/aromatic N) is 3. The summed E-state index contributed by atoms with van der Waals surface area (Å²) in [4.78, 5) is 13.8. The molecular formula is C30H19F6N3. The fourth-order valence-corrected chi connectivity index (χ4v) is 4.31. The first-order valence-electron chi connectivity index (χ1n) is 11.8. The van der Waals surface area contributed by atoms with E-state index in [-0.39, 0.29) is 23.0 Å². The zero-order valence-corrected chi connectivity index (χ0v) is 20.3. The molecule has 0 aliphatic heterocycles. The Morgan fingerprint density at radius 2 is 1.05 bits per heavy atom. The summed E-state index contributed by atoms with van der Waals surface area (Å²) in [5.41, 5.74) is -1.11. The zero-order chi connectivity index (χ0) is 27.8. The standard InChI is InChI=1S/C30H19F6N3/c1-18-9-8-14-23(25(18)22-16-15-21(29(31,32)33)17-24(22)30(34,35)36)28-38-26(19-10-4-2-5-11-19)37-27(39-28)20-12-6-3-7-13-20/h2-17H,1H3. The summed E-state index contributed by atoms with van der Waals surface area (Å²) in [7, 11) is 0. The minimum Gasteiger partial charge on any atom is -0.208 e. The minimum absolute atomic E-state index is 0.0859. The number of aryl methyl sites for hydroxylation is 1.